The number of carboxylic acids is 1. The predicted molar refractivity (Wildman–Crippen MR) is 72.6 cm³/mol. The average Bonchev–Trinajstić information content (AvgIpc) is 2.37. The van der Waals surface area contributed by atoms with Crippen molar-refractivity contribution in [1.29, 1.82) is 0 Å². The van der Waals surface area contributed by atoms with Crippen molar-refractivity contribution in [3.05, 3.63) is 60.7 Å². The van der Waals surface area contributed by atoms with E-state index in [-0.39, 0.29) is 0 Å². The van der Waals surface area contributed by atoms with Crippen LogP contribution in [0.2, 0.25) is 0 Å². The van der Waals surface area contributed by atoms with Gasteiger partial charge >= 0.3 is 5.97 Å². The molecule has 4 heteroatoms. The third-order valence-electron chi connectivity index (χ3n) is 1.82. The lowest BCUT2D eigenvalue weighted by molar-refractivity contribution is -0.131. The summed E-state index contributed by atoms with van der Waals surface area (Å²) in [5.74, 6) is -1.43. The molecule has 0 heterocycles. The van der Waals surface area contributed by atoms with Gasteiger partial charge in [-0.15, -0.1) is 0 Å². The van der Waals surface area contributed by atoms with Crippen molar-refractivity contribution in [3.8, 4) is 0 Å². The number of carboxylic acid groups (broad SMARTS) is 1. The summed E-state index contributed by atoms with van der Waals surface area (Å²) in [6.45, 7) is 6.72. The molecule has 3 N–H and O–H groups in total. The minimum Gasteiger partial charge on any atom is -0.478 e. The molecule has 1 aromatic carbocycles. The van der Waals surface area contributed by atoms with Gasteiger partial charge in [0.2, 0.25) is 5.91 Å². The zero-order valence-electron chi connectivity index (χ0n) is 9.87. The maximum absolute atomic E-state index is 10.3. The van der Waals surface area contributed by atoms with E-state index in [1.165, 1.54) is 0 Å². The fourth-order valence-corrected chi connectivity index (χ4v) is 1.01. The average molecular weight is 245 g/mol. The maximum atomic E-state index is 10.3. The molecular weight excluding hydrogens is 230 g/mol. The van der Waals surface area contributed by atoms with Gasteiger partial charge in [0, 0.05) is 6.08 Å². The zero-order valence-corrected chi connectivity index (χ0v) is 9.87. The molecule has 0 aromatic heterocycles. The van der Waals surface area contributed by atoms with Crippen molar-refractivity contribution in [3.63, 3.8) is 0 Å². The van der Waals surface area contributed by atoms with Gasteiger partial charge in [-0.3, -0.25) is 4.79 Å². The molecule has 1 rings (SSSR count). The Hall–Kier alpha value is -2.62. The van der Waals surface area contributed by atoms with Crippen LogP contribution in [0.1, 0.15) is 11.1 Å². The molecule has 0 aliphatic heterocycles. The van der Waals surface area contributed by atoms with E-state index < -0.39 is 11.9 Å². The van der Waals surface area contributed by atoms with Crippen LogP contribution in [0.15, 0.2) is 49.6 Å². The molecule has 94 valence electrons. The number of hydrogen-bond acceptors (Lipinski definition) is 2. The molecule has 0 atom stereocenters. The molecule has 0 bridgehead atoms. The molecule has 0 spiro atoms. The topological polar surface area (TPSA) is 80.4 Å². The van der Waals surface area contributed by atoms with E-state index in [0.717, 1.165) is 23.3 Å². The van der Waals surface area contributed by atoms with Gasteiger partial charge in [-0.1, -0.05) is 43.5 Å². The first-order valence-corrected chi connectivity index (χ1v) is 5.05. The summed E-state index contributed by atoms with van der Waals surface area (Å²) in [6.07, 6.45) is 5.42. The minimum atomic E-state index is -0.945. The standard InChI is InChI=1S/C11H10O2.C3H5NO/c1-2-9-5-3-4-6-10(9)7-8-11(12)13;1-2-3(4)5/h2-8H,1H2,(H,12,13);2H,1H2,(H2,4,5)/b8-7+;. The zero-order chi connectivity index (χ0) is 14.0. The highest BCUT2D eigenvalue weighted by Crippen LogP contribution is 2.11. The van der Waals surface area contributed by atoms with E-state index in [1.807, 2.05) is 24.3 Å². The summed E-state index contributed by atoms with van der Waals surface area (Å²) >= 11 is 0. The van der Waals surface area contributed by atoms with Crippen LogP contribution >= 0.6 is 0 Å². The summed E-state index contributed by atoms with van der Waals surface area (Å²) in [5, 5.41) is 8.43. The summed E-state index contributed by atoms with van der Waals surface area (Å²) < 4.78 is 0. The molecule has 1 amide bonds. The normalized spacial score (nSPS) is 9.11. The van der Waals surface area contributed by atoms with Crippen LogP contribution in [-0.2, 0) is 9.59 Å². The summed E-state index contributed by atoms with van der Waals surface area (Å²) in [6, 6.07) is 7.47. The van der Waals surface area contributed by atoms with Gasteiger partial charge < -0.3 is 10.8 Å². The third kappa shape index (κ3) is 6.79. The van der Waals surface area contributed by atoms with Gasteiger partial charge in [0.1, 0.15) is 0 Å². The smallest absolute Gasteiger partial charge is 0.328 e. The summed E-state index contributed by atoms with van der Waals surface area (Å²) in [7, 11) is 0. The molecule has 4 nitrogen and oxygen atoms in total. The molecule has 0 radical (unpaired) electrons. The van der Waals surface area contributed by atoms with Crippen LogP contribution in [0.3, 0.4) is 0 Å². The van der Waals surface area contributed by atoms with Gasteiger partial charge in [-0.05, 0) is 23.3 Å². The second-order valence-electron chi connectivity index (χ2n) is 3.11. The first-order chi connectivity index (χ1) is 8.51. The number of carbonyl (C=O) groups excluding carboxylic acids is 1. The molecule has 18 heavy (non-hydrogen) atoms. The van der Waals surface area contributed by atoms with E-state index in [2.05, 4.69) is 18.9 Å². The number of amides is 1. The predicted octanol–water partition coefficient (Wildman–Crippen LogP) is 2.09. The van der Waals surface area contributed by atoms with Crippen LogP contribution in [0.5, 0.6) is 0 Å². The Kier molecular flexibility index (Phi) is 7.28. The van der Waals surface area contributed by atoms with Gasteiger partial charge in [0.15, 0.2) is 0 Å². The lowest BCUT2D eigenvalue weighted by Crippen LogP contribution is -2.04. The van der Waals surface area contributed by atoms with E-state index in [9.17, 15) is 9.59 Å². The van der Waals surface area contributed by atoms with E-state index in [1.54, 1.807) is 12.2 Å². The quantitative estimate of drug-likeness (QED) is 0.797. The fraction of sp³-hybridized carbons (Fsp3) is 0. The lowest BCUT2D eigenvalue weighted by Gasteiger charge is -1.97. The number of benzene rings is 1. The highest BCUT2D eigenvalue weighted by atomic mass is 16.4. The third-order valence-corrected chi connectivity index (χ3v) is 1.82. The monoisotopic (exact) mass is 245 g/mol. The van der Waals surface area contributed by atoms with Crippen molar-refractivity contribution in [2.45, 2.75) is 0 Å². The first-order valence-electron chi connectivity index (χ1n) is 5.05. The van der Waals surface area contributed by atoms with Crippen LogP contribution in [-0.4, -0.2) is 17.0 Å². The van der Waals surface area contributed by atoms with Gasteiger partial charge in [-0.2, -0.15) is 0 Å². The van der Waals surface area contributed by atoms with E-state index in [0.29, 0.717) is 0 Å². The van der Waals surface area contributed by atoms with E-state index >= 15 is 0 Å². The molecule has 1 aromatic rings. The molecule has 0 unspecified atom stereocenters. The first kappa shape index (κ1) is 15.4. The number of hydrogen-bond donors (Lipinski definition) is 2. The molecule has 0 aliphatic rings. The molecule has 0 fully saturated rings. The van der Waals surface area contributed by atoms with Crippen molar-refractivity contribution in [1.82, 2.24) is 0 Å². The molecule has 0 saturated carbocycles. The Bertz CT molecular complexity index is 476. The van der Waals surface area contributed by atoms with Crippen LogP contribution in [0, 0.1) is 0 Å². The second-order valence-corrected chi connectivity index (χ2v) is 3.11. The van der Waals surface area contributed by atoms with Crippen LogP contribution in [0.4, 0.5) is 0 Å². The number of nitrogens with two attached hydrogens (primary N) is 1. The number of rotatable bonds is 4. The van der Waals surface area contributed by atoms with Gasteiger partial charge in [0.05, 0.1) is 0 Å². The maximum Gasteiger partial charge on any atom is 0.328 e. The van der Waals surface area contributed by atoms with Crippen LogP contribution < -0.4 is 5.73 Å². The van der Waals surface area contributed by atoms with Crippen molar-refractivity contribution >= 4 is 24.0 Å². The second kappa shape index (κ2) is 8.52. The summed E-state index contributed by atoms with van der Waals surface area (Å²) in [4.78, 5) is 19.7. The van der Waals surface area contributed by atoms with Gasteiger partial charge in [0.25, 0.3) is 0 Å². The summed E-state index contributed by atoms with van der Waals surface area (Å²) in [5.41, 5.74) is 6.33. The SMILES string of the molecule is C=CC(N)=O.C=Cc1ccccc1/C=C/C(=O)O. The Morgan fingerprint density at radius 2 is 1.67 bits per heavy atom. The number of aliphatic carboxylic acids is 1. The Morgan fingerprint density at radius 3 is 2.06 bits per heavy atom. The Morgan fingerprint density at radius 1 is 1.17 bits per heavy atom. The largest absolute Gasteiger partial charge is 0.478 e. The molecule has 0 saturated heterocycles. The number of primary amides is 1. The van der Waals surface area contributed by atoms with Crippen molar-refractivity contribution < 1.29 is 14.7 Å². The Balaban J connectivity index is 0.000000494. The van der Waals surface area contributed by atoms with E-state index in [4.69, 9.17) is 5.11 Å². The number of carbonyl (C=O) groups is 2. The van der Waals surface area contributed by atoms with Crippen molar-refractivity contribution in [2.75, 3.05) is 0 Å². The Labute approximate surface area is 106 Å². The minimum absolute atomic E-state index is 0.481. The lowest BCUT2D eigenvalue weighted by atomic mass is 10.1. The van der Waals surface area contributed by atoms with Gasteiger partial charge in [-0.25, -0.2) is 4.79 Å². The fourth-order valence-electron chi connectivity index (χ4n) is 1.01. The highest BCUT2D eigenvalue weighted by molar-refractivity contribution is 5.86. The highest BCUT2D eigenvalue weighted by Gasteiger charge is 1.93. The molecule has 0 aliphatic carbocycles. The van der Waals surface area contributed by atoms with Crippen molar-refractivity contribution in [2.24, 2.45) is 5.73 Å². The molecular formula is C14H15NO3. The van der Waals surface area contributed by atoms with Crippen LogP contribution in [0.25, 0.3) is 12.2 Å².